The van der Waals surface area contributed by atoms with Gasteiger partial charge >= 0.3 is 5.97 Å². The maximum Gasteiger partial charge on any atom is 0.322 e. The van der Waals surface area contributed by atoms with Gasteiger partial charge in [-0.1, -0.05) is 18.2 Å². The standard InChI is InChI=1S/C24H23FN2O5S/c1-14-19(9-15-3-6-17(7-4-15)33(2)32)18-8-5-16(25)10-21(18)20(14)11-22(28)26-12-23(29)27-13-24(30)31/h3-10H,11-13H2,1-2H3,(H,26,28)(H,27,29)(H,30,31). The lowest BCUT2D eigenvalue weighted by molar-refractivity contribution is -0.137. The summed E-state index contributed by atoms with van der Waals surface area (Å²) in [5, 5.41) is 13.2. The molecule has 33 heavy (non-hydrogen) atoms. The predicted molar refractivity (Wildman–Crippen MR) is 124 cm³/mol. The predicted octanol–water partition coefficient (Wildman–Crippen LogP) is 2.60. The van der Waals surface area contributed by atoms with Gasteiger partial charge in [-0.25, -0.2) is 4.39 Å². The topological polar surface area (TPSA) is 113 Å². The van der Waals surface area contributed by atoms with Crippen molar-refractivity contribution in [2.45, 2.75) is 18.2 Å². The summed E-state index contributed by atoms with van der Waals surface area (Å²) < 4.78 is 25.6. The van der Waals surface area contributed by atoms with E-state index in [9.17, 15) is 23.0 Å². The van der Waals surface area contributed by atoms with E-state index in [1.165, 1.54) is 12.1 Å². The number of carboxylic acid groups (broad SMARTS) is 1. The van der Waals surface area contributed by atoms with Crippen LogP contribution in [-0.4, -0.2) is 46.4 Å². The zero-order valence-electron chi connectivity index (χ0n) is 18.1. The van der Waals surface area contributed by atoms with Gasteiger partial charge in [0.2, 0.25) is 11.8 Å². The molecule has 0 radical (unpaired) electrons. The van der Waals surface area contributed by atoms with Crippen molar-refractivity contribution in [3.05, 3.63) is 70.5 Å². The van der Waals surface area contributed by atoms with E-state index in [2.05, 4.69) is 10.6 Å². The Labute approximate surface area is 192 Å². The van der Waals surface area contributed by atoms with Gasteiger partial charge in [-0.15, -0.1) is 0 Å². The summed E-state index contributed by atoms with van der Waals surface area (Å²) >= 11 is 0. The molecule has 172 valence electrons. The largest absolute Gasteiger partial charge is 0.480 e. The third-order valence-corrected chi connectivity index (χ3v) is 6.13. The van der Waals surface area contributed by atoms with Crippen LogP contribution in [-0.2, 0) is 25.2 Å². The Balaban J connectivity index is 1.83. The van der Waals surface area contributed by atoms with Gasteiger partial charge in [-0.05, 0) is 70.7 Å². The van der Waals surface area contributed by atoms with Crippen LogP contribution < -0.4 is 10.6 Å². The van der Waals surface area contributed by atoms with Gasteiger partial charge in [0.1, 0.15) is 12.4 Å². The van der Waals surface area contributed by atoms with Gasteiger partial charge < -0.3 is 15.7 Å². The molecule has 1 aliphatic carbocycles. The monoisotopic (exact) mass is 470 g/mol. The third-order valence-electron chi connectivity index (χ3n) is 5.20. The molecule has 1 aliphatic rings. The van der Waals surface area contributed by atoms with Gasteiger partial charge in [-0.3, -0.25) is 18.6 Å². The number of carbonyl (C=O) groups is 3. The van der Waals surface area contributed by atoms with Gasteiger partial charge in [0, 0.05) is 22.0 Å². The van der Waals surface area contributed by atoms with Crippen LogP contribution in [0.25, 0.3) is 17.2 Å². The average molecular weight is 471 g/mol. The lowest BCUT2D eigenvalue weighted by Crippen LogP contribution is -2.39. The highest BCUT2D eigenvalue weighted by molar-refractivity contribution is 7.84. The molecule has 3 rings (SSSR count). The molecule has 0 saturated carbocycles. The smallest absolute Gasteiger partial charge is 0.322 e. The van der Waals surface area contributed by atoms with Gasteiger partial charge in [-0.2, -0.15) is 0 Å². The number of nitrogens with one attached hydrogen (secondary N) is 2. The van der Waals surface area contributed by atoms with Crippen molar-refractivity contribution < 1.29 is 28.1 Å². The molecule has 2 aromatic carbocycles. The van der Waals surface area contributed by atoms with Crippen molar-refractivity contribution in [2.75, 3.05) is 19.3 Å². The number of benzene rings is 2. The van der Waals surface area contributed by atoms with Crippen LogP contribution in [0.3, 0.4) is 0 Å². The second-order valence-corrected chi connectivity index (χ2v) is 8.88. The molecule has 0 spiro atoms. The van der Waals surface area contributed by atoms with Crippen molar-refractivity contribution in [1.82, 2.24) is 10.6 Å². The van der Waals surface area contributed by atoms with Crippen molar-refractivity contribution in [3.63, 3.8) is 0 Å². The minimum absolute atomic E-state index is 0.0698. The number of amides is 2. The molecule has 0 aromatic heterocycles. The molecule has 3 N–H and O–H groups in total. The summed E-state index contributed by atoms with van der Waals surface area (Å²) in [5.74, 6) is -2.67. The highest BCUT2D eigenvalue weighted by Gasteiger charge is 2.26. The van der Waals surface area contributed by atoms with Crippen LogP contribution in [0.4, 0.5) is 4.39 Å². The zero-order valence-corrected chi connectivity index (χ0v) is 18.9. The van der Waals surface area contributed by atoms with Crippen LogP contribution in [0.2, 0.25) is 0 Å². The molecule has 1 atom stereocenters. The normalized spacial score (nSPS) is 14.7. The fourth-order valence-corrected chi connectivity index (χ4v) is 4.06. The molecule has 0 aliphatic heterocycles. The van der Waals surface area contributed by atoms with Gasteiger partial charge in [0.05, 0.1) is 13.0 Å². The lowest BCUT2D eigenvalue weighted by atomic mass is 10.0. The van der Waals surface area contributed by atoms with Crippen molar-refractivity contribution in [2.24, 2.45) is 0 Å². The Morgan fingerprint density at radius 2 is 1.67 bits per heavy atom. The fourth-order valence-electron chi connectivity index (χ4n) is 3.54. The summed E-state index contributed by atoms with van der Waals surface area (Å²) in [6.07, 6.45) is 3.47. The summed E-state index contributed by atoms with van der Waals surface area (Å²) in [5.41, 5.74) is 4.57. The molecular formula is C24H23FN2O5S. The van der Waals surface area contributed by atoms with Gasteiger partial charge in [0.25, 0.3) is 0 Å². The average Bonchev–Trinajstić information content (AvgIpc) is 3.01. The van der Waals surface area contributed by atoms with E-state index in [0.717, 1.165) is 22.3 Å². The molecule has 0 heterocycles. The van der Waals surface area contributed by atoms with E-state index >= 15 is 0 Å². The number of aliphatic carboxylic acids is 1. The zero-order chi connectivity index (χ0) is 24.1. The first-order valence-electron chi connectivity index (χ1n) is 10.1. The number of hydrogen-bond donors (Lipinski definition) is 3. The lowest BCUT2D eigenvalue weighted by Gasteiger charge is -2.08. The van der Waals surface area contributed by atoms with E-state index in [4.69, 9.17) is 5.11 Å². The molecular weight excluding hydrogens is 447 g/mol. The maximum absolute atomic E-state index is 14.0. The summed E-state index contributed by atoms with van der Waals surface area (Å²) in [6.45, 7) is 0.957. The van der Waals surface area contributed by atoms with E-state index in [1.54, 1.807) is 24.5 Å². The molecule has 9 heteroatoms. The number of carbonyl (C=O) groups excluding carboxylic acids is 2. The van der Waals surface area contributed by atoms with E-state index in [-0.39, 0.29) is 13.0 Å². The quantitative estimate of drug-likeness (QED) is 0.549. The van der Waals surface area contributed by atoms with Crippen LogP contribution in [0.5, 0.6) is 0 Å². The molecule has 2 aromatic rings. The van der Waals surface area contributed by atoms with Crippen LogP contribution in [0.15, 0.2) is 52.9 Å². The van der Waals surface area contributed by atoms with Crippen LogP contribution in [0, 0.1) is 5.82 Å². The van der Waals surface area contributed by atoms with Crippen molar-refractivity contribution in [1.29, 1.82) is 0 Å². The van der Waals surface area contributed by atoms with Crippen LogP contribution >= 0.6 is 0 Å². The first-order chi connectivity index (χ1) is 15.7. The maximum atomic E-state index is 14.0. The van der Waals surface area contributed by atoms with Crippen LogP contribution in [0.1, 0.15) is 30.0 Å². The molecule has 1 unspecified atom stereocenters. The molecule has 0 bridgehead atoms. The highest BCUT2D eigenvalue weighted by atomic mass is 32.2. The third kappa shape index (κ3) is 6.01. The number of carboxylic acids is 1. The first kappa shape index (κ1) is 24.1. The second-order valence-electron chi connectivity index (χ2n) is 7.50. The number of halogens is 1. The number of fused-ring (bicyclic) bond motifs is 1. The SMILES string of the molecule is CC1=C(CC(=O)NCC(=O)NCC(=O)O)c2cc(F)ccc2C1=Cc1ccc(S(C)=O)cc1. The van der Waals surface area contributed by atoms with Gasteiger partial charge in [0.15, 0.2) is 0 Å². The number of allylic oxidation sites excluding steroid dienone is 2. The Bertz CT molecular complexity index is 1200. The summed E-state index contributed by atoms with van der Waals surface area (Å²) in [7, 11) is -1.08. The number of hydrogen-bond acceptors (Lipinski definition) is 4. The second kappa shape index (κ2) is 10.4. The van der Waals surface area contributed by atoms with E-state index in [1.807, 2.05) is 25.1 Å². The molecule has 0 fully saturated rings. The first-order valence-corrected chi connectivity index (χ1v) is 11.6. The minimum atomic E-state index is -1.18. The molecule has 7 nitrogen and oxygen atoms in total. The Hall–Kier alpha value is -3.59. The summed E-state index contributed by atoms with van der Waals surface area (Å²) in [4.78, 5) is 35.3. The molecule has 2 amide bonds. The Morgan fingerprint density at radius 3 is 2.30 bits per heavy atom. The van der Waals surface area contributed by atoms with Crippen molar-refractivity contribution >= 4 is 45.8 Å². The fraction of sp³-hybridized carbons (Fsp3) is 0.208. The van der Waals surface area contributed by atoms with Crippen molar-refractivity contribution in [3.8, 4) is 0 Å². The summed E-state index contributed by atoms with van der Waals surface area (Å²) in [6, 6.07) is 11.7. The molecule has 0 saturated heterocycles. The Morgan fingerprint density at radius 1 is 1.00 bits per heavy atom. The van der Waals surface area contributed by atoms with E-state index in [0.29, 0.717) is 16.0 Å². The van der Waals surface area contributed by atoms with E-state index < -0.39 is 40.9 Å². The Kier molecular flexibility index (Phi) is 7.55. The highest BCUT2D eigenvalue weighted by Crippen LogP contribution is 2.43. The number of rotatable bonds is 8. The minimum Gasteiger partial charge on any atom is -0.480 e.